The number of ether oxygens (including phenoxy) is 1. The first kappa shape index (κ1) is 10.2. The zero-order valence-electron chi connectivity index (χ0n) is 8.77. The quantitative estimate of drug-likeness (QED) is 0.796. The molecule has 1 aliphatic rings. The number of anilines is 1. The molecular weight excluding hydrogens is 194 g/mol. The van der Waals surface area contributed by atoms with Crippen molar-refractivity contribution in [2.24, 2.45) is 0 Å². The van der Waals surface area contributed by atoms with E-state index in [1.54, 1.807) is 0 Å². The summed E-state index contributed by atoms with van der Waals surface area (Å²) in [5.41, 5.74) is 0. The van der Waals surface area contributed by atoms with E-state index in [1.807, 2.05) is 16.9 Å². The van der Waals surface area contributed by atoms with Gasteiger partial charge in [-0.25, -0.2) is 0 Å². The zero-order chi connectivity index (χ0) is 10.7. The van der Waals surface area contributed by atoms with Crippen LogP contribution in [-0.4, -0.2) is 28.9 Å². The van der Waals surface area contributed by atoms with Crippen molar-refractivity contribution in [1.29, 1.82) is 0 Å². The average Bonchev–Trinajstić information content (AvgIpc) is 2.67. The highest BCUT2D eigenvalue weighted by Crippen LogP contribution is 2.20. The maximum Gasteiger partial charge on any atom is 0.222 e. The molecule has 1 aliphatic heterocycles. The summed E-state index contributed by atoms with van der Waals surface area (Å²) in [5.74, 6) is 0.529. The third-order valence-corrected chi connectivity index (χ3v) is 2.48. The van der Waals surface area contributed by atoms with Gasteiger partial charge in [0.15, 0.2) is 5.82 Å². The van der Waals surface area contributed by atoms with Crippen LogP contribution in [0, 0.1) is 0 Å². The molecule has 2 heterocycles. The first-order valence-corrected chi connectivity index (χ1v) is 5.16. The fraction of sp³-hybridized carbons (Fsp3) is 0.600. The van der Waals surface area contributed by atoms with E-state index >= 15 is 0 Å². The lowest BCUT2D eigenvalue weighted by molar-refractivity contribution is -0.114. The molecule has 0 spiro atoms. The summed E-state index contributed by atoms with van der Waals surface area (Å²) in [6, 6.07) is 2.22. The standard InChI is InChI=1S/C10H15N3O2/c1-8(14)11-10-2-5-13(12-10)9-3-6-15-7-4-9/h2,5,9H,3-4,6-7H2,1H3,(H,11,12,14). The van der Waals surface area contributed by atoms with Crippen LogP contribution in [-0.2, 0) is 9.53 Å². The molecule has 5 nitrogen and oxygen atoms in total. The van der Waals surface area contributed by atoms with Gasteiger partial charge in [-0.2, -0.15) is 5.10 Å². The highest BCUT2D eigenvalue weighted by atomic mass is 16.5. The van der Waals surface area contributed by atoms with E-state index in [1.165, 1.54) is 6.92 Å². The summed E-state index contributed by atoms with van der Waals surface area (Å²) in [7, 11) is 0. The van der Waals surface area contributed by atoms with Crippen LogP contribution in [0.1, 0.15) is 25.8 Å². The normalized spacial score (nSPS) is 17.7. The Morgan fingerprint density at radius 2 is 2.33 bits per heavy atom. The average molecular weight is 209 g/mol. The molecule has 0 bridgehead atoms. The molecule has 5 heteroatoms. The summed E-state index contributed by atoms with van der Waals surface area (Å²) >= 11 is 0. The van der Waals surface area contributed by atoms with Gasteiger partial charge in [0.05, 0.1) is 6.04 Å². The Morgan fingerprint density at radius 3 is 3.00 bits per heavy atom. The van der Waals surface area contributed by atoms with Gasteiger partial charge in [-0.05, 0) is 12.8 Å². The first-order chi connectivity index (χ1) is 7.25. The summed E-state index contributed by atoms with van der Waals surface area (Å²) in [5, 5.41) is 6.97. The molecule has 0 aliphatic carbocycles. The lowest BCUT2D eigenvalue weighted by Crippen LogP contribution is -2.20. The largest absolute Gasteiger partial charge is 0.381 e. The number of rotatable bonds is 2. The molecule has 0 saturated carbocycles. The third kappa shape index (κ3) is 2.56. The molecule has 0 atom stereocenters. The first-order valence-electron chi connectivity index (χ1n) is 5.16. The molecule has 2 rings (SSSR count). The smallest absolute Gasteiger partial charge is 0.222 e. The molecule has 0 aromatic carbocycles. The zero-order valence-corrected chi connectivity index (χ0v) is 8.77. The van der Waals surface area contributed by atoms with Crippen molar-refractivity contribution in [2.45, 2.75) is 25.8 Å². The van der Waals surface area contributed by atoms with Crippen LogP contribution in [0.3, 0.4) is 0 Å². The topological polar surface area (TPSA) is 56.2 Å². The molecule has 1 aromatic heterocycles. The molecule has 1 fully saturated rings. The summed E-state index contributed by atoms with van der Waals surface area (Å²) < 4.78 is 7.19. The number of amides is 1. The van der Waals surface area contributed by atoms with Crippen molar-refractivity contribution >= 4 is 11.7 Å². The van der Waals surface area contributed by atoms with E-state index in [0.29, 0.717) is 11.9 Å². The Bertz CT molecular complexity index is 342. The van der Waals surface area contributed by atoms with Crippen molar-refractivity contribution in [3.8, 4) is 0 Å². The van der Waals surface area contributed by atoms with Crippen LogP contribution in [0.15, 0.2) is 12.3 Å². The van der Waals surface area contributed by atoms with E-state index < -0.39 is 0 Å². The van der Waals surface area contributed by atoms with E-state index in [4.69, 9.17) is 4.74 Å². The van der Waals surface area contributed by atoms with Gasteiger partial charge in [0, 0.05) is 32.4 Å². The molecule has 1 amide bonds. The van der Waals surface area contributed by atoms with Crippen LogP contribution < -0.4 is 5.32 Å². The van der Waals surface area contributed by atoms with Gasteiger partial charge in [0.1, 0.15) is 0 Å². The van der Waals surface area contributed by atoms with E-state index in [2.05, 4.69) is 10.4 Å². The molecule has 0 radical (unpaired) electrons. The van der Waals surface area contributed by atoms with E-state index in [0.717, 1.165) is 26.1 Å². The van der Waals surface area contributed by atoms with Gasteiger partial charge < -0.3 is 10.1 Å². The Kier molecular flexibility index (Phi) is 3.01. The van der Waals surface area contributed by atoms with Gasteiger partial charge in [0.2, 0.25) is 5.91 Å². The number of nitrogens with zero attached hydrogens (tertiary/aromatic N) is 2. The molecule has 15 heavy (non-hydrogen) atoms. The second kappa shape index (κ2) is 4.44. The van der Waals surface area contributed by atoms with Gasteiger partial charge in [-0.15, -0.1) is 0 Å². The fourth-order valence-corrected chi connectivity index (χ4v) is 1.74. The Morgan fingerprint density at radius 1 is 1.60 bits per heavy atom. The number of nitrogens with one attached hydrogen (secondary N) is 1. The SMILES string of the molecule is CC(=O)Nc1ccn(C2CCOCC2)n1. The van der Waals surface area contributed by atoms with Crippen LogP contribution in [0.2, 0.25) is 0 Å². The minimum atomic E-state index is -0.0905. The number of aromatic nitrogens is 2. The van der Waals surface area contributed by atoms with Crippen LogP contribution in [0.25, 0.3) is 0 Å². The minimum Gasteiger partial charge on any atom is -0.381 e. The third-order valence-electron chi connectivity index (χ3n) is 2.48. The molecule has 82 valence electrons. The molecular formula is C10H15N3O2. The van der Waals surface area contributed by atoms with Crippen molar-refractivity contribution < 1.29 is 9.53 Å². The summed E-state index contributed by atoms with van der Waals surface area (Å²) in [6.45, 7) is 3.06. The maximum absolute atomic E-state index is 10.8. The monoisotopic (exact) mass is 209 g/mol. The van der Waals surface area contributed by atoms with E-state index in [9.17, 15) is 4.79 Å². The second-order valence-electron chi connectivity index (χ2n) is 3.71. The van der Waals surface area contributed by atoms with Crippen LogP contribution >= 0.6 is 0 Å². The number of hydrogen-bond acceptors (Lipinski definition) is 3. The lowest BCUT2D eigenvalue weighted by Gasteiger charge is -2.22. The summed E-state index contributed by atoms with van der Waals surface area (Å²) in [6.07, 6.45) is 3.88. The molecule has 1 N–H and O–H groups in total. The highest BCUT2D eigenvalue weighted by molar-refractivity contribution is 5.87. The van der Waals surface area contributed by atoms with Crippen molar-refractivity contribution in [2.75, 3.05) is 18.5 Å². The van der Waals surface area contributed by atoms with Crippen LogP contribution in [0.4, 0.5) is 5.82 Å². The predicted molar refractivity (Wildman–Crippen MR) is 55.6 cm³/mol. The van der Waals surface area contributed by atoms with Crippen molar-refractivity contribution in [3.05, 3.63) is 12.3 Å². The van der Waals surface area contributed by atoms with Gasteiger partial charge in [-0.3, -0.25) is 9.48 Å². The summed E-state index contributed by atoms with van der Waals surface area (Å²) in [4.78, 5) is 10.8. The number of carbonyl (C=O) groups excluding carboxylic acids is 1. The Balaban J connectivity index is 2.02. The van der Waals surface area contributed by atoms with Gasteiger partial charge >= 0.3 is 0 Å². The Hall–Kier alpha value is -1.36. The van der Waals surface area contributed by atoms with Crippen molar-refractivity contribution in [1.82, 2.24) is 9.78 Å². The fourth-order valence-electron chi connectivity index (χ4n) is 1.74. The lowest BCUT2D eigenvalue weighted by atomic mass is 10.1. The van der Waals surface area contributed by atoms with Gasteiger partial charge in [0.25, 0.3) is 0 Å². The van der Waals surface area contributed by atoms with Gasteiger partial charge in [-0.1, -0.05) is 0 Å². The van der Waals surface area contributed by atoms with Crippen LogP contribution in [0.5, 0.6) is 0 Å². The molecule has 0 unspecified atom stereocenters. The number of carbonyl (C=O) groups is 1. The number of hydrogen-bond donors (Lipinski definition) is 1. The highest BCUT2D eigenvalue weighted by Gasteiger charge is 2.16. The molecule has 1 aromatic rings. The predicted octanol–water partition coefficient (Wildman–Crippen LogP) is 1.19. The molecule has 1 saturated heterocycles. The van der Waals surface area contributed by atoms with E-state index in [-0.39, 0.29) is 5.91 Å². The minimum absolute atomic E-state index is 0.0905. The van der Waals surface area contributed by atoms with Crippen molar-refractivity contribution in [3.63, 3.8) is 0 Å². The second-order valence-corrected chi connectivity index (χ2v) is 3.71. The maximum atomic E-state index is 10.8. The Labute approximate surface area is 88.4 Å².